The quantitative estimate of drug-likeness (QED) is 0.909. The van der Waals surface area contributed by atoms with Gasteiger partial charge in [-0.3, -0.25) is 4.79 Å². The van der Waals surface area contributed by atoms with Crippen LogP contribution in [0, 0.1) is 5.41 Å². The first-order chi connectivity index (χ1) is 9.98. The van der Waals surface area contributed by atoms with Gasteiger partial charge in [0.15, 0.2) is 0 Å². The van der Waals surface area contributed by atoms with Gasteiger partial charge in [0.25, 0.3) is 0 Å². The van der Waals surface area contributed by atoms with E-state index in [-0.39, 0.29) is 23.4 Å². The zero-order chi connectivity index (χ0) is 15.0. The highest BCUT2D eigenvalue weighted by molar-refractivity contribution is 5.90. The molecule has 2 aromatic carbocycles. The third-order valence-corrected chi connectivity index (χ3v) is 4.91. The van der Waals surface area contributed by atoms with Crippen LogP contribution in [0.4, 0.5) is 0 Å². The predicted octanol–water partition coefficient (Wildman–Crippen LogP) is 2.62. The van der Waals surface area contributed by atoms with Crippen LogP contribution < -0.4 is 11.1 Å². The number of amides is 1. The molecular formula is C18H22N2O. The molecule has 0 aromatic heterocycles. The lowest BCUT2D eigenvalue weighted by Crippen LogP contribution is -2.64. The lowest BCUT2D eigenvalue weighted by atomic mass is 9.63. The van der Waals surface area contributed by atoms with Crippen molar-refractivity contribution in [1.29, 1.82) is 0 Å². The Labute approximate surface area is 125 Å². The summed E-state index contributed by atoms with van der Waals surface area (Å²) in [5.41, 5.74) is 7.07. The van der Waals surface area contributed by atoms with Gasteiger partial charge in [0.05, 0.1) is 6.42 Å². The smallest absolute Gasteiger partial charge is 0.224 e. The van der Waals surface area contributed by atoms with Gasteiger partial charge in [-0.15, -0.1) is 0 Å². The maximum absolute atomic E-state index is 12.3. The third-order valence-electron chi connectivity index (χ3n) is 4.91. The van der Waals surface area contributed by atoms with Crippen molar-refractivity contribution in [2.45, 2.75) is 38.8 Å². The van der Waals surface area contributed by atoms with Gasteiger partial charge in [0, 0.05) is 17.5 Å². The van der Waals surface area contributed by atoms with E-state index in [0.717, 1.165) is 17.4 Å². The average molecular weight is 282 g/mol. The summed E-state index contributed by atoms with van der Waals surface area (Å²) in [4.78, 5) is 12.3. The van der Waals surface area contributed by atoms with Crippen molar-refractivity contribution in [1.82, 2.24) is 5.32 Å². The molecule has 1 fully saturated rings. The Morgan fingerprint density at radius 2 is 1.95 bits per heavy atom. The van der Waals surface area contributed by atoms with E-state index in [1.54, 1.807) is 0 Å². The lowest BCUT2D eigenvalue weighted by molar-refractivity contribution is -0.123. The number of hydrogen-bond acceptors (Lipinski definition) is 2. The van der Waals surface area contributed by atoms with Crippen LogP contribution in [0.1, 0.15) is 25.8 Å². The van der Waals surface area contributed by atoms with Crippen molar-refractivity contribution in [3.8, 4) is 0 Å². The number of benzene rings is 2. The summed E-state index contributed by atoms with van der Waals surface area (Å²) < 4.78 is 0. The Morgan fingerprint density at radius 1 is 1.24 bits per heavy atom. The molecule has 2 atom stereocenters. The minimum Gasteiger partial charge on any atom is -0.352 e. The Kier molecular flexibility index (Phi) is 3.46. The summed E-state index contributed by atoms with van der Waals surface area (Å²) in [7, 11) is 0. The Hall–Kier alpha value is -1.87. The summed E-state index contributed by atoms with van der Waals surface area (Å²) in [5, 5.41) is 5.46. The van der Waals surface area contributed by atoms with Crippen LogP contribution in [0.3, 0.4) is 0 Å². The second-order valence-electron chi connectivity index (χ2n) is 6.60. The first kappa shape index (κ1) is 14.1. The molecule has 3 N–H and O–H groups in total. The Morgan fingerprint density at radius 3 is 2.67 bits per heavy atom. The fraction of sp³-hybridized carbons (Fsp3) is 0.389. The van der Waals surface area contributed by atoms with Crippen molar-refractivity contribution >= 4 is 16.7 Å². The summed E-state index contributed by atoms with van der Waals surface area (Å²) >= 11 is 0. The molecule has 0 spiro atoms. The second-order valence-corrected chi connectivity index (χ2v) is 6.60. The minimum atomic E-state index is -0.00554. The largest absolute Gasteiger partial charge is 0.352 e. The molecule has 110 valence electrons. The average Bonchev–Trinajstić information content (AvgIpc) is 2.47. The molecule has 0 aliphatic heterocycles. The van der Waals surface area contributed by atoms with E-state index in [9.17, 15) is 4.79 Å². The third kappa shape index (κ3) is 2.54. The first-order valence-electron chi connectivity index (χ1n) is 7.50. The lowest BCUT2D eigenvalue weighted by Gasteiger charge is -2.50. The molecule has 3 nitrogen and oxygen atoms in total. The van der Waals surface area contributed by atoms with Gasteiger partial charge in [-0.2, -0.15) is 0 Å². The molecule has 2 unspecified atom stereocenters. The second kappa shape index (κ2) is 5.15. The van der Waals surface area contributed by atoms with E-state index in [2.05, 4.69) is 37.4 Å². The van der Waals surface area contributed by atoms with Crippen LogP contribution in [0.15, 0.2) is 42.5 Å². The van der Waals surface area contributed by atoms with Gasteiger partial charge in [-0.1, -0.05) is 56.3 Å². The summed E-state index contributed by atoms with van der Waals surface area (Å²) in [6.07, 6.45) is 1.29. The van der Waals surface area contributed by atoms with Crippen molar-refractivity contribution in [2.24, 2.45) is 11.1 Å². The topological polar surface area (TPSA) is 55.1 Å². The van der Waals surface area contributed by atoms with E-state index in [1.165, 1.54) is 5.39 Å². The van der Waals surface area contributed by atoms with Gasteiger partial charge in [-0.25, -0.2) is 0 Å². The number of nitrogens with two attached hydrogens (primary N) is 1. The van der Waals surface area contributed by atoms with Crippen molar-refractivity contribution in [3.63, 3.8) is 0 Å². The number of nitrogens with one attached hydrogen (secondary N) is 1. The van der Waals surface area contributed by atoms with Gasteiger partial charge in [0.1, 0.15) is 0 Å². The Balaban J connectivity index is 1.73. The number of rotatable bonds is 3. The predicted molar refractivity (Wildman–Crippen MR) is 86.0 cm³/mol. The minimum absolute atomic E-state index is 0.00554. The summed E-state index contributed by atoms with van der Waals surface area (Å²) in [6, 6.07) is 14.7. The fourth-order valence-electron chi connectivity index (χ4n) is 3.07. The van der Waals surface area contributed by atoms with Crippen LogP contribution in [-0.4, -0.2) is 18.0 Å². The maximum atomic E-state index is 12.3. The fourth-order valence-corrected chi connectivity index (χ4v) is 3.07. The highest BCUT2D eigenvalue weighted by atomic mass is 16.1. The SMILES string of the molecule is CC1(C)C(N)CC1NC(=O)Cc1cccc2ccccc12. The van der Waals surface area contributed by atoms with E-state index < -0.39 is 0 Å². The van der Waals surface area contributed by atoms with Crippen LogP contribution in [0.25, 0.3) is 10.8 Å². The molecule has 0 radical (unpaired) electrons. The molecule has 0 saturated heterocycles. The van der Waals surface area contributed by atoms with Crippen molar-refractivity contribution in [2.75, 3.05) is 0 Å². The van der Waals surface area contributed by atoms with Crippen molar-refractivity contribution < 1.29 is 4.79 Å². The molecule has 1 aliphatic carbocycles. The normalized spacial score (nSPS) is 23.6. The molecule has 21 heavy (non-hydrogen) atoms. The monoisotopic (exact) mass is 282 g/mol. The van der Waals surface area contributed by atoms with E-state index in [4.69, 9.17) is 5.73 Å². The zero-order valence-corrected chi connectivity index (χ0v) is 12.6. The number of fused-ring (bicyclic) bond motifs is 1. The summed E-state index contributed by atoms with van der Waals surface area (Å²) in [6.45, 7) is 4.23. The van der Waals surface area contributed by atoms with Gasteiger partial charge < -0.3 is 11.1 Å². The van der Waals surface area contributed by atoms with Gasteiger partial charge in [-0.05, 0) is 22.8 Å². The molecule has 3 heteroatoms. The first-order valence-corrected chi connectivity index (χ1v) is 7.50. The van der Waals surface area contributed by atoms with Gasteiger partial charge in [0.2, 0.25) is 5.91 Å². The molecule has 2 aromatic rings. The number of carbonyl (C=O) groups excluding carboxylic acids is 1. The summed E-state index contributed by atoms with van der Waals surface area (Å²) in [5.74, 6) is 0.0799. The van der Waals surface area contributed by atoms with Crippen molar-refractivity contribution in [3.05, 3.63) is 48.0 Å². The molecule has 0 bridgehead atoms. The number of carbonyl (C=O) groups is 1. The molecule has 1 saturated carbocycles. The standard InChI is InChI=1S/C18H22N2O/c1-18(2)15(19)11-16(18)20-17(21)10-13-8-5-7-12-6-3-4-9-14(12)13/h3-9,15-16H,10-11,19H2,1-2H3,(H,20,21). The highest BCUT2D eigenvalue weighted by Gasteiger charge is 2.46. The van der Waals surface area contributed by atoms with E-state index in [1.807, 2.05) is 24.3 Å². The molecule has 3 rings (SSSR count). The molecule has 1 amide bonds. The molecule has 0 heterocycles. The van der Waals surface area contributed by atoms with Crippen LogP contribution in [0.2, 0.25) is 0 Å². The molecular weight excluding hydrogens is 260 g/mol. The number of hydrogen-bond donors (Lipinski definition) is 2. The molecule has 1 aliphatic rings. The van der Waals surface area contributed by atoms with Crippen LogP contribution >= 0.6 is 0 Å². The van der Waals surface area contributed by atoms with E-state index >= 15 is 0 Å². The Bertz CT molecular complexity index is 672. The maximum Gasteiger partial charge on any atom is 0.224 e. The van der Waals surface area contributed by atoms with Crippen LogP contribution in [-0.2, 0) is 11.2 Å². The van der Waals surface area contributed by atoms with E-state index in [0.29, 0.717) is 6.42 Å². The van der Waals surface area contributed by atoms with Crippen LogP contribution in [0.5, 0.6) is 0 Å². The zero-order valence-electron chi connectivity index (χ0n) is 12.6. The van der Waals surface area contributed by atoms with Gasteiger partial charge >= 0.3 is 0 Å². The highest BCUT2D eigenvalue weighted by Crippen LogP contribution is 2.39.